The number of aliphatic hydroxyl groups is 1. The summed E-state index contributed by atoms with van der Waals surface area (Å²) in [6.45, 7) is 3.53. The summed E-state index contributed by atoms with van der Waals surface area (Å²) in [6.07, 6.45) is 1.11. The molecule has 0 saturated carbocycles. The zero-order chi connectivity index (χ0) is 18.6. The van der Waals surface area contributed by atoms with Crippen LogP contribution in [0.25, 0.3) is 0 Å². The van der Waals surface area contributed by atoms with E-state index in [0.29, 0.717) is 31.5 Å². The molecule has 1 heterocycles. The van der Waals surface area contributed by atoms with Gasteiger partial charge in [0.1, 0.15) is 5.82 Å². The molecule has 0 aromatic heterocycles. The number of halogens is 1. The van der Waals surface area contributed by atoms with Crippen molar-refractivity contribution in [1.29, 1.82) is 0 Å². The highest BCUT2D eigenvalue weighted by Crippen LogP contribution is 2.24. The molecule has 0 bridgehead atoms. The van der Waals surface area contributed by atoms with Crippen molar-refractivity contribution in [2.45, 2.75) is 38.5 Å². The van der Waals surface area contributed by atoms with Gasteiger partial charge in [-0.15, -0.1) is 0 Å². The lowest BCUT2D eigenvalue weighted by Crippen LogP contribution is -2.57. The minimum atomic E-state index is -1.44. The van der Waals surface area contributed by atoms with E-state index in [1.165, 1.54) is 11.6 Å². The lowest BCUT2D eigenvalue weighted by Gasteiger charge is -2.38. The van der Waals surface area contributed by atoms with Crippen LogP contribution >= 0.6 is 0 Å². The lowest BCUT2D eigenvalue weighted by atomic mass is 9.91. The summed E-state index contributed by atoms with van der Waals surface area (Å²) < 4.78 is 13.9. The Morgan fingerprint density at radius 3 is 2.81 bits per heavy atom. The van der Waals surface area contributed by atoms with E-state index < -0.39 is 5.60 Å². The van der Waals surface area contributed by atoms with Gasteiger partial charge in [0.05, 0.1) is 0 Å². The number of nitrogens with zero attached hydrogens (tertiary/aromatic N) is 1. The van der Waals surface area contributed by atoms with Gasteiger partial charge in [0, 0.05) is 31.7 Å². The monoisotopic (exact) mass is 356 g/mol. The predicted octanol–water partition coefficient (Wildman–Crippen LogP) is 2.78. The van der Waals surface area contributed by atoms with Crippen LogP contribution in [-0.2, 0) is 17.9 Å². The van der Waals surface area contributed by atoms with Crippen molar-refractivity contribution in [3.63, 3.8) is 0 Å². The number of hydrogen-bond acceptors (Lipinski definition) is 3. The molecule has 4 nitrogen and oxygen atoms in total. The first-order chi connectivity index (χ1) is 12.5. The van der Waals surface area contributed by atoms with Crippen LogP contribution in [0.3, 0.4) is 0 Å². The Morgan fingerprint density at radius 2 is 2.04 bits per heavy atom. The van der Waals surface area contributed by atoms with Crippen molar-refractivity contribution < 1.29 is 14.3 Å². The van der Waals surface area contributed by atoms with E-state index in [1.807, 2.05) is 25.1 Å². The average molecular weight is 356 g/mol. The zero-order valence-corrected chi connectivity index (χ0v) is 15.0. The van der Waals surface area contributed by atoms with Crippen molar-refractivity contribution in [2.24, 2.45) is 0 Å². The smallest absolute Gasteiger partial charge is 0.256 e. The number of amides is 1. The van der Waals surface area contributed by atoms with Crippen molar-refractivity contribution in [2.75, 3.05) is 13.1 Å². The summed E-state index contributed by atoms with van der Waals surface area (Å²) in [4.78, 5) is 14.3. The summed E-state index contributed by atoms with van der Waals surface area (Å²) in [7, 11) is 0. The normalized spacial score (nSPS) is 20.4. The molecular weight excluding hydrogens is 331 g/mol. The fraction of sp³-hybridized carbons (Fsp3) is 0.381. The third-order valence-electron chi connectivity index (χ3n) is 4.85. The molecule has 0 spiro atoms. The van der Waals surface area contributed by atoms with Crippen LogP contribution in [-0.4, -0.2) is 34.6 Å². The van der Waals surface area contributed by atoms with E-state index in [9.17, 15) is 14.3 Å². The number of nitrogens with one attached hydrogen (secondary N) is 1. The van der Waals surface area contributed by atoms with Crippen LogP contribution in [0, 0.1) is 12.7 Å². The number of rotatable bonds is 6. The van der Waals surface area contributed by atoms with Crippen LogP contribution in [0.1, 0.15) is 29.5 Å². The van der Waals surface area contributed by atoms with Gasteiger partial charge in [-0.2, -0.15) is 0 Å². The lowest BCUT2D eigenvalue weighted by molar-refractivity contribution is -0.157. The van der Waals surface area contributed by atoms with Crippen LogP contribution in [0.5, 0.6) is 0 Å². The largest absolute Gasteiger partial charge is 0.379 e. The molecule has 1 fully saturated rings. The number of carbonyl (C=O) groups excluding carboxylic acids is 1. The number of piperidine rings is 1. The SMILES string of the molecule is Cc1cccc(CNC[C@@]2(O)CCCN(Cc3ccccc3F)C2=O)c1. The number of hydrogen-bond donors (Lipinski definition) is 2. The molecule has 1 aliphatic rings. The fourth-order valence-corrected chi connectivity index (χ4v) is 3.45. The minimum absolute atomic E-state index is 0.186. The van der Waals surface area contributed by atoms with E-state index >= 15 is 0 Å². The molecule has 2 aromatic rings. The van der Waals surface area contributed by atoms with Gasteiger partial charge in [0.15, 0.2) is 5.60 Å². The maximum atomic E-state index is 13.9. The van der Waals surface area contributed by atoms with Crippen molar-refractivity contribution in [1.82, 2.24) is 10.2 Å². The van der Waals surface area contributed by atoms with E-state index in [4.69, 9.17) is 0 Å². The highest BCUT2D eigenvalue weighted by Gasteiger charge is 2.41. The van der Waals surface area contributed by atoms with Gasteiger partial charge < -0.3 is 15.3 Å². The molecule has 1 atom stereocenters. The van der Waals surface area contributed by atoms with Crippen LogP contribution in [0.2, 0.25) is 0 Å². The molecule has 5 heteroatoms. The summed E-state index contributed by atoms with van der Waals surface area (Å²) >= 11 is 0. The van der Waals surface area contributed by atoms with Crippen molar-refractivity contribution in [3.8, 4) is 0 Å². The number of carbonyl (C=O) groups is 1. The molecule has 26 heavy (non-hydrogen) atoms. The van der Waals surface area contributed by atoms with E-state index in [1.54, 1.807) is 23.1 Å². The van der Waals surface area contributed by atoms with Gasteiger partial charge in [0.2, 0.25) is 0 Å². The molecule has 1 amide bonds. The molecule has 2 aromatic carbocycles. The Balaban J connectivity index is 1.61. The standard InChI is InChI=1S/C21H25FN2O2/c1-16-6-4-7-17(12-16)13-23-15-21(26)10-5-11-24(20(21)25)14-18-8-2-3-9-19(18)22/h2-4,6-9,12,23,26H,5,10-11,13-15H2,1H3/t21-/m0/s1. The van der Waals surface area contributed by atoms with Gasteiger partial charge >= 0.3 is 0 Å². The van der Waals surface area contributed by atoms with Gasteiger partial charge in [-0.25, -0.2) is 4.39 Å². The number of aryl methyl sites for hydroxylation is 1. The molecule has 0 radical (unpaired) electrons. The summed E-state index contributed by atoms with van der Waals surface area (Å²) in [5.74, 6) is -0.657. The van der Waals surface area contributed by atoms with E-state index in [2.05, 4.69) is 11.4 Å². The van der Waals surface area contributed by atoms with Crippen LogP contribution in [0.15, 0.2) is 48.5 Å². The maximum absolute atomic E-state index is 13.9. The van der Waals surface area contributed by atoms with E-state index in [-0.39, 0.29) is 24.8 Å². The van der Waals surface area contributed by atoms with Gasteiger partial charge in [-0.05, 0) is 31.4 Å². The molecule has 3 rings (SSSR count). The van der Waals surface area contributed by atoms with Crippen molar-refractivity contribution >= 4 is 5.91 Å². The molecule has 0 aliphatic carbocycles. The summed E-state index contributed by atoms with van der Waals surface area (Å²) in [5.41, 5.74) is 1.32. The second-order valence-electron chi connectivity index (χ2n) is 7.05. The number of likely N-dealkylation sites (tertiary alicyclic amines) is 1. The Kier molecular flexibility index (Phi) is 5.69. The number of benzene rings is 2. The first kappa shape index (κ1) is 18.5. The molecule has 0 unspecified atom stereocenters. The third kappa shape index (κ3) is 4.29. The topological polar surface area (TPSA) is 52.6 Å². The highest BCUT2D eigenvalue weighted by atomic mass is 19.1. The predicted molar refractivity (Wildman–Crippen MR) is 98.9 cm³/mol. The quantitative estimate of drug-likeness (QED) is 0.837. The molecule has 138 valence electrons. The molecule has 2 N–H and O–H groups in total. The second-order valence-corrected chi connectivity index (χ2v) is 7.05. The summed E-state index contributed by atoms with van der Waals surface area (Å²) in [5, 5.41) is 14.0. The molecule has 1 saturated heterocycles. The van der Waals surface area contributed by atoms with E-state index in [0.717, 1.165) is 5.56 Å². The van der Waals surface area contributed by atoms with Crippen LogP contribution < -0.4 is 5.32 Å². The van der Waals surface area contributed by atoms with Gasteiger partial charge in [-0.1, -0.05) is 48.0 Å². The van der Waals surface area contributed by atoms with Crippen LogP contribution in [0.4, 0.5) is 4.39 Å². The van der Waals surface area contributed by atoms with Gasteiger partial charge in [-0.3, -0.25) is 4.79 Å². The first-order valence-corrected chi connectivity index (χ1v) is 8.99. The fourth-order valence-electron chi connectivity index (χ4n) is 3.45. The van der Waals surface area contributed by atoms with Gasteiger partial charge in [0.25, 0.3) is 5.91 Å². The maximum Gasteiger partial charge on any atom is 0.256 e. The van der Waals surface area contributed by atoms with Crippen molar-refractivity contribution in [3.05, 3.63) is 71.0 Å². The molecule has 1 aliphatic heterocycles. The average Bonchev–Trinajstić information content (AvgIpc) is 2.61. The zero-order valence-electron chi connectivity index (χ0n) is 15.0. The first-order valence-electron chi connectivity index (χ1n) is 8.99. The summed E-state index contributed by atoms with van der Waals surface area (Å²) in [6, 6.07) is 14.5. The Labute approximate surface area is 153 Å². The molecular formula is C21H25FN2O2. The third-order valence-corrected chi connectivity index (χ3v) is 4.85. The minimum Gasteiger partial charge on any atom is -0.379 e. The Hall–Kier alpha value is -2.24. The second kappa shape index (κ2) is 7.98. The Bertz CT molecular complexity index is 780. The Morgan fingerprint density at radius 1 is 1.23 bits per heavy atom. The highest BCUT2D eigenvalue weighted by molar-refractivity contribution is 5.86.